The molecule has 0 aliphatic heterocycles. The van der Waals surface area contributed by atoms with Gasteiger partial charge in [-0.15, -0.1) is 0 Å². The van der Waals surface area contributed by atoms with Gasteiger partial charge in [-0.05, 0) is 28.2 Å². The Morgan fingerprint density at radius 2 is 1.35 bits per heavy atom. The van der Waals surface area contributed by atoms with Crippen LogP contribution in [0.4, 0.5) is 0 Å². The highest BCUT2D eigenvalue weighted by Crippen LogP contribution is 2.49. The number of rotatable bonds is 3. The first-order valence-electron chi connectivity index (χ1n) is 6.83. The monoisotopic (exact) mass is 270 g/mol. The molecule has 3 nitrogen and oxygen atoms in total. The molecule has 0 spiro atoms. The molecule has 20 heavy (non-hydrogen) atoms. The number of hydrogen-bond acceptors (Lipinski definition) is 3. The third kappa shape index (κ3) is 2.24. The normalized spacial score (nSPS) is 15.8. The maximum absolute atomic E-state index is 9.26. The van der Waals surface area contributed by atoms with Gasteiger partial charge in [0.05, 0.1) is 0 Å². The van der Waals surface area contributed by atoms with Crippen LogP contribution in [0.2, 0.25) is 0 Å². The van der Waals surface area contributed by atoms with E-state index >= 15 is 0 Å². The van der Waals surface area contributed by atoms with E-state index in [0.29, 0.717) is 0 Å². The summed E-state index contributed by atoms with van der Waals surface area (Å²) in [5.41, 5.74) is 4.76. The highest BCUT2D eigenvalue weighted by Gasteiger charge is 2.35. The van der Waals surface area contributed by atoms with Crippen molar-refractivity contribution in [3.05, 3.63) is 59.7 Å². The van der Waals surface area contributed by atoms with Crippen LogP contribution in [0.5, 0.6) is 0 Å². The van der Waals surface area contributed by atoms with Crippen LogP contribution in [-0.2, 0) is 0 Å². The molecule has 3 heteroatoms. The minimum Gasteiger partial charge on any atom is -0.344 e. The van der Waals surface area contributed by atoms with E-state index in [0.717, 1.165) is 0 Å². The largest absolute Gasteiger partial charge is 0.344 e. The SMILES string of the molecule is CC(CC(O)(O)O)C1c2ccccc2-c2ccccc21. The van der Waals surface area contributed by atoms with Gasteiger partial charge >= 0.3 is 0 Å². The van der Waals surface area contributed by atoms with E-state index in [1.165, 1.54) is 22.3 Å². The van der Waals surface area contributed by atoms with E-state index in [2.05, 4.69) is 24.3 Å². The Morgan fingerprint density at radius 3 is 1.80 bits per heavy atom. The van der Waals surface area contributed by atoms with Crippen molar-refractivity contribution in [1.82, 2.24) is 0 Å². The van der Waals surface area contributed by atoms with Gasteiger partial charge < -0.3 is 15.3 Å². The van der Waals surface area contributed by atoms with Gasteiger partial charge in [-0.3, -0.25) is 0 Å². The molecule has 1 unspecified atom stereocenters. The Balaban J connectivity index is 2.07. The molecule has 2 aromatic carbocycles. The average Bonchev–Trinajstić information content (AvgIpc) is 2.71. The molecule has 3 N–H and O–H groups in total. The van der Waals surface area contributed by atoms with Gasteiger partial charge in [0.2, 0.25) is 0 Å². The number of fused-ring (bicyclic) bond motifs is 3. The van der Waals surface area contributed by atoms with Crippen LogP contribution in [-0.4, -0.2) is 21.3 Å². The van der Waals surface area contributed by atoms with E-state index in [9.17, 15) is 15.3 Å². The minimum absolute atomic E-state index is 0.0771. The van der Waals surface area contributed by atoms with Gasteiger partial charge in [0.25, 0.3) is 5.97 Å². The van der Waals surface area contributed by atoms with Crippen LogP contribution in [0, 0.1) is 5.92 Å². The third-order valence-corrected chi connectivity index (χ3v) is 4.05. The Hall–Kier alpha value is -1.68. The molecular weight excluding hydrogens is 252 g/mol. The summed E-state index contributed by atoms with van der Waals surface area (Å²) in [6.07, 6.45) is -0.0830. The zero-order chi connectivity index (χ0) is 14.3. The minimum atomic E-state index is -2.62. The highest BCUT2D eigenvalue weighted by molar-refractivity contribution is 5.78. The zero-order valence-electron chi connectivity index (χ0n) is 11.3. The Bertz CT molecular complexity index is 583. The summed E-state index contributed by atoms with van der Waals surface area (Å²) in [4.78, 5) is 0. The van der Waals surface area contributed by atoms with Gasteiger partial charge in [-0.2, -0.15) is 0 Å². The van der Waals surface area contributed by atoms with Crippen molar-refractivity contribution in [2.75, 3.05) is 0 Å². The second-order valence-electron chi connectivity index (χ2n) is 5.61. The first-order valence-corrected chi connectivity index (χ1v) is 6.83. The fourth-order valence-corrected chi connectivity index (χ4v) is 3.36. The first-order chi connectivity index (χ1) is 9.47. The van der Waals surface area contributed by atoms with E-state index < -0.39 is 5.97 Å². The van der Waals surface area contributed by atoms with Crippen LogP contribution in [0.15, 0.2) is 48.5 Å². The van der Waals surface area contributed by atoms with Gasteiger partial charge in [0.1, 0.15) is 0 Å². The third-order valence-electron chi connectivity index (χ3n) is 4.05. The van der Waals surface area contributed by atoms with Crippen molar-refractivity contribution in [3.63, 3.8) is 0 Å². The molecule has 0 aromatic heterocycles. The van der Waals surface area contributed by atoms with Crippen molar-refractivity contribution in [2.45, 2.75) is 25.2 Å². The van der Waals surface area contributed by atoms with E-state index in [-0.39, 0.29) is 18.3 Å². The van der Waals surface area contributed by atoms with Crippen LogP contribution in [0.25, 0.3) is 11.1 Å². The van der Waals surface area contributed by atoms with Crippen LogP contribution in [0.3, 0.4) is 0 Å². The van der Waals surface area contributed by atoms with Gasteiger partial charge in [-0.25, -0.2) is 0 Å². The molecule has 1 aliphatic rings. The summed E-state index contributed by atoms with van der Waals surface area (Å²) >= 11 is 0. The summed E-state index contributed by atoms with van der Waals surface area (Å²) in [6, 6.07) is 16.3. The fraction of sp³-hybridized carbons (Fsp3) is 0.294. The molecule has 3 rings (SSSR count). The number of aliphatic hydroxyl groups is 3. The zero-order valence-corrected chi connectivity index (χ0v) is 11.3. The predicted octanol–water partition coefficient (Wildman–Crippen LogP) is 2.46. The molecule has 0 radical (unpaired) electrons. The van der Waals surface area contributed by atoms with Crippen LogP contribution in [0.1, 0.15) is 30.4 Å². The first kappa shape index (κ1) is 13.3. The van der Waals surface area contributed by atoms with Gasteiger partial charge in [-0.1, -0.05) is 55.5 Å². The number of hydrogen-bond donors (Lipinski definition) is 3. The van der Waals surface area contributed by atoms with Crippen molar-refractivity contribution in [3.8, 4) is 11.1 Å². The molecule has 104 valence electrons. The lowest BCUT2D eigenvalue weighted by Crippen LogP contribution is -2.31. The molecular formula is C17H18O3. The van der Waals surface area contributed by atoms with Gasteiger partial charge in [0, 0.05) is 12.3 Å². The van der Waals surface area contributed by atoms with Crippen molar-refractivity contribution >= 4 is 0 Å². The Kier molecular flexibility index (Phi) is 3.13. The lowest BCUT2D eigenvalue weighted by molar-refractivity contribution is -0.319. The van der Waals surface area contributed by atoms with Gasteiger partial charge in [0.15, 0.2) is 0 Å². The Morgan fingerprint density at radius 1 is 0.900 bits per heavy atom. The highest BCUT2D eigenvalue weighted by atomic mass is 16.7. The lowest BCUT2D eigenvalue weighted by Gasteiger charge is -2.25. The standard InChI is InChI=1S/C17H18O3/c1-11(10-17(18,19)20)16-14-8-4-2-6-12(14)13-7-3-5-9-15(13)16/h2-9,11,16,18-20H,10H2,1H3. The summed E-state index contributed by atoms with van der Waals surface area (Å²) < 4.78 is 0. The number of benzene rings is 2. The second-order valence-corrected chi connectivity index (χ2v) is 5.61. The fourth-order valence-electron chi connectivity index (χ4n) is 3.36. The van der Waals surface area contributed by atoms with Crippen LogP contribution >= 0.6 is 0 Å². The molecule has 0 fully saturated rings. The summed E-state index contributed by atoms with van der Waals surface area (Å²) in [7, 11) is 0. The molecule has 0 saturated heterocycles. The summed E-state index contributed by atoms with van der Waals surface area (Å²) in [6.45, 7) is 1.93. The maximum Gasteiger partial charge on any atom is 0.275 e. The molecule has 2 aromatic rings. The van der Waals surface area contributed by atoms with Crippen molar-refractivity contribution < 1.29 is 15.3 Å². The average molecular weight is 270 g/mol. The maximum atomic E-state index is 9.26. The predicted molar refractivity (Wildman–Crippen MR) is 76.9 cm³/mol. The molecule has 0 amide bonds. The summed E-state index contributed by atoms with van der Waals surface area (Å²) in [5, 5.41) is 27.8. The molecule has 0 saturated carbocycles. The molecule has 1 aliphatic carbocycles. The van der Waals surface area contributed by atoms with Crippen LogP contribution < -0.4 is 0 Å². The van der Waals surface area contributed by atoms with Crippen molar-refractivity contribution in [2.24, 2.45) is 5.92 Å². The lowest BCUT2D eigenvalue weighted by atomic mass is 9.83. The quantitative estimate of drug-likeness (QED) is 0.751. The molecule has 1 atom stereocenters. The van der Waals surface area contributed by atoms with E-state index in [1.807, 2.05) is 31.2 Å². The van der Waals surface area contributed by atoms with Crippen molar-refractivity contribution in [1.29, 1.82) is 0 Å². The molecule has 0 bridgehead atoms. The topological polar surface area (TPSA) is 60.7 Å². The molecule has 0 heterocycles. The Labute approximate surface area is 118 Å². The van der Waals surface area contributed by atoms with E-state index in [4.69, 9.17) is 0 Å². The second kappa shape index (κ2) is 4.70. The summed E-state index contributed by atoms with van der Waals surface area (Å²) in [5.74, 6) is -2.63. The van der Waals surface area contributed by atoms with E-state index in [1.54, 1.807) is 0 Å². The smallest absolute Gasteiger partial charge is 0.275 e.